The summed E-state index contributed by atoms with van der Waals surface area (Å²) < 4.78 is 13.0. The van der Waals surface area contributed by atoms with Crippen LogP contribution in [0.3, 0.4) is 0 Å². The average molecular weight is 210 g/mol. The quantitative estimate of drug-likeness (QED) is 0.764. The van der Waals surface area contributed by atoms with E-state index in [9.17, 15) is 9.18 Å². The van der Waals surface area contributed by atoms with Crippen LogP contribution >= 0.6 is 0 Å². The Bertz CT molecular complexity index is 364. The van der Waals surface area contributed by atoms with Crippen LogP contribution in [0.5, 0.6) is 0 Å². The fourth-order valence-corrected chi connectivity index (χ4v) is 1.38. The summed E-state index contributed by atoms with van der Waals surface area (Å²) in [6.07, 6.45) is 0.284. The molecule has 0 fully saturated rings. The van der Waals surface area contributed by atoms with Crippen LogP contribution in [0.15, 0.2) is 18.2 Å². The first-order valence-corrected chi connectivity index (χ1v) is 4.76. The van der Waals surface area contributed by atoms with Crippen molar-refractivity contribution in [2.75, 3.05) is 25.5 Å². The molecule has 0 aliphatic rings. The zero-order valence-electron chi connectivity index (χ0n) is 8.96. The van der Waals surface area contributed by atoms with Gasteiger partial charge in [-0.25, -0.2) is 4.39 Å². The maximum Gasteiger partial charge on any atom is 0.166 e. The molecule has 1 aromatic rings. The van der Waals surface area contributed by atoms with E-state index in [0.29, 0.717) is 17.8 Å². The van der Waals surface area contributed by atoms with Gasteiger partial charge in [-0.2, -0.15) is 0 Å². The molecule has 0 unspecified atom stereocenters. The Morgan fingerprint density at radius 3 is 2.67 bits per heavy atom. The summed E-state index contributed by atoms with van der Waals surface area (Å²) in [5.41, 5.74) is 6.43. The molecule has 0 amide bonds. The van der Waals surface area contributed by atoms with E-state index in [1.165, 1.54) is 18.2 Å². The van der Waals surface area contributed by atoms with Crippen molar-refractivity contribution in [2.24, 2.45) is 5.73 Å². The van der Waals surface area contributed by atoms with Crippen LogP contribution in [-0.4, -0.2) is 26.4 Å². The Labute approximate surface area is 88.7 Å². The molecule has 1 aromatic carbocycles. The lowest BCUT2D eigenvalue weighted by Gasteiger charge is -2.16. The number of hydrogen-bond donors (Lipinski definition) is 1. The largest absolute Gasteiger partial charge is 0.377 e. The van der Waals surface area contributed by atoms with Crippen LogP contribution in [0.2, 0.25) is 0 Å². The maximum absolute atomic E-state index is 13.0. The first kappa shape index (κ1) is 11.7. The van der Waals surface area contributed by atoms with E-state index >= 15 is 0 Å². The second-order valence-electron chi connectivity index (χ2n) is 3.52. The van der Waals surface area contributed by atoms with Gasteiger partial charge < -0.3 is 10.6 Å². The number of Topliss-reactive ketones (excluding diaryl/α,β-unsaturated/α-hetero) is 1. The molecular formula is C11H15FN2O. The van der Waals surface area contributed by atoms with E-state index in [1.54, 1.807) is 19.0 Å². The zero-order valence-corrected chi connectivity index (χ0v) is 8.96. The molecule has 0 aromatic heterocycles. The van der Waals surface area contributed by atoms with Crippen molar-refractivity contribution in [1.82, 2.24) is 0 Å². The van der Waals surface area contributed by atoms with Gasteiger partial charge in [-0.1, -0.05) is 0 Å². The SMILES string of the molecule is CN(C)c1cc(F)ccc1C(=O)CCN. The number of carbonyl (C=O) groups is 1. The number of carbonyl (C=O) groups excluding carboxylic acids is 1. The number of halogens is 1. The Morgan fingerprint density at radius 1 is 1.47 bits per heavy atom. The van der Waals surface area contributed by atoms with E-state index < -0.39 is 0 Å². The molecule has 0 saturated carbocycles. The molecule has 82 valence electrons. The molecule has 0 bridgehead atoms. The standard InChI is InChI=1S/C11H15FN2O/c1-14(2)10-7-8(12)3-4-9(10)11(15)5-6-13/h3-4,7H,5-6,13H2,1-2H3. The van der Waals surface area contributed by atoms with Crippen LogP contribution < -0.4 is 10.6 Å². The highest BCUT2D eigenvalue weighted by atomic mass is 19.1. The first-order valence-electron chi connectivity index (χ1n) is 4.76. The van der Waals surface area contributed by atoms with Gasteiger partial charge in [0.25, 0.3) is 0 Å². The van der Waals surface area contributed by atoms with Crippen molar-refractivity contribution in [3.8, 4) is 0 Å². The van der Waals surface area contributed by atoms with Crippen molar-refractivity contribution in [1.29, 1.82) is 0 Å². The average Bonchev–Trinajstić information content (AvgIpc) is 2.17. The summed E-state index contributed by atoms with van der Waals surface area (Å²) >= 11 is 0. The van der Waals surface area contributed by atoms with Crippen molar-refractivity contribution in [3.05, 3.63) is 29.6 Å². The molecule has 15 heavy (non-hydrogen) atoms. The van der Waals surface area contributed by atoms with Crippen molar-refractivity contribution >= 4 is 11.5 Å². The van der Waals surface area contributed by atoms with Crippen molar-refractivity contribution in [3.63, 3.8) is 0 Å². The van der Waals surface area contributed by atoms with Gasteiger partial charge in [0, 0.05) is 31.8 Å². The monoisotopic (exact) mass is 210 g/mol. The van der Waals surface area contributed by atoms with Crippen molar-refractivity contribution < 1.29 is 9.18 Å². The van der Waals surface area contributed by atoms with Gasteiger partial charge in [0.05, 0.1) is 0 Å². The van der Waals surface area contributed by atoms with Gasteiger partial charge in [-0.3, -0.25) is 4.79 Å². The molecule has 2 N–H and O–H groups in total. The summed E-state index contributed by atoms with van der Waals surface area (Å²) in [4.78, 5) is 13.4. The third kappa shape index (κ3) is 2.76. The van der Waals surface area contributed by atoms with E-state index in [4.69, 9.17) is 5.73 Å². The summed E-state index contributed by atoms with van der Waals surface area (Å²) in [7, 11) is 3.54. The molecule has 0 spiro atoms. The number of rotatable bonds is 4. The normalized spacial score (nSPS) is 10.1. The van der Waals surface area contributed by atoms with Crippen LogP contribution in [0.1, 0.15) is 16.8 Å². The van der Waals surface area contributed by atoms with Gasteiger partial charge in [-0.05, 0) is 24.7 Å². The number of nitrogens with two attached hydrogens (primary N) is 1. The molecule has 4 heteroatoms. The predicted octanol–water partition coefficient (Wildman–Crippen LogP) is 1.42. The molecule has 1 rings (SSSR count). The Morgan fingerprint density at radius 2 is 2.13 bits per heavy atom. The molecule has 0 atom stereocenters. The molecule has 0 radical (unpaired) electrons. The highest BCUT2D eigenvalue weighted by Crippen LogP contribution is 2.21. The van der Waals surface area contributed by atoms with Crippen LogP contribution in [0.25, 0.3) is 0 Å². The molecule has 3 nitrogen and oxygen atoms in total. The highest BCUT2D eigenvalue weighted by Gasteiger charge is 2.12. The smallest absolute Gasteiger partial charge is 0.166 e. The Hall–Kier alpha value is -1.42. The second kappa shape index (κ2) is 4.89. The third-order valence-corrected chi connectivity index (χ3v) is 2.11. The van der Waals surface area contributed by atoms with Gasteiger partial charge in [0.15, 0.2) is 5.78 Å². The molecule has 0 aliphatic heterocycles. The van der Waals surface area contributed by atoms with Gasteiger partial charge in [-0.15, -0.1) is 0 Å². The minimum Gasteiger partial charge on any atom is -0.377 e. The lowest BCUT2D eigenvalue weighted by atomic mass is 10.1. The van der Waals surface area contributed by atoms with E-state index in [1.807, 2.05) is 0 Å². The van der Waals surface area contributed by atoms with Crippen LogP contribution in [0.4, 0.5) is 10.1 Å². The maximum atomic E-state index is 13.0. The summed E-state index contributed by atoms with van der Waals surface area (Å²) in [5, 5.41) is 0. The summed E-state index contributed by atoms with van der Waals surface area (Å²) in [6.45, 7) is 0.309. The van der Waals surface area contributed by atoms with Gasteiger partial charge >= 0.3 is 0 Å². The number of hydrogen-bond acceptors (Lipinski definition) is 3. The van der Waals surface area contributed by atoms with Gasteiger partial charge in [0.1, 0.15) is 5.82 Å². The van der Waals surface area contributed by atoms with E-state index in [-0.39, 0.29) is 18.0 Å². The Kier molecular flexibility index (Phi) is 3.80. The van der Waals surface area contributed by atoms with Gasteiger partial charge in [0.2, 0.25) is 0 Å². The fourth-order valence-electron chi connectivity index (χ4n) is 1.38. The zero-order chi connectivity index (χ0) is 11.4. The van der Waals surface area contributed by atoms with Crippen molar-refractivity contribution in [2.45, 2.75) is 6.42 Å². The number of nitrogens with zero attached hydrogens (tertiary/aromatic N) is 1. The summed E-state index contributed by atoms with van der Waals surface area (Å²) in [5.74, 6) is -0.399. The number of ketones is 1. The fraction of sp³-hybridized carbons (Fsp3) is 0.364. The van der Waals surface area contributed by atoms with E-state index in [2.05, 4.69) is 0 Å². The number of benzene rings is 1. The van der Waals surface area contributed by atoms with E-state index in [0.717, 1.165) is 0 Å². The molecule has 0 saturated heterocycles. The molecular weight excluding hydrogens is 195 g/mol. The van der Waals surface area contributed by atoms with Crippen LogP contribution in [0, 0.1) is 5.82 Å². The number of anilines is 1. The Balaban J connectivity index is 3.11. The highest BCUT2D eigenvalue weighted by molar-refractivity contribution is 6.01. The topological polar surface area (TPSA) is 46.3 Å². The lowest BCUT2D eigenvalue weighted by molar-refractivity contribution is 0.0986. The molecule has 0 aliphatic carbocycles. The summed E-state index contributed by atoms with van der Waals surface area (Å²) in [6, 6.07) is 4.14. The first-order chi connectivity index (χ1) is 7.06. The third-order valence-electron chi connectivity index (χ3n) is 2.11. The predicted molar refractivity (Wildman–Crippen MR) is 58.7 cm³/mol. The molecule has 0 heterocycles. The minimum absolute atomic E-state index is 0.0544. The second-order valence-corrected chi connectivity index (χ2v) is 3.52. The minimum atomic E-state index is -0.344. The lowest BCUT2D eigenvalue weighted by Crippen LogP contribution is -2.16. The van der Waals surface area contributed by atoms with Crippen LogP contribution in [-0.2, 0) is 0 Å².